The molecule has 0 bridgehead atoms. The molecule has 0 unspecified atom stereocenters. The van der Waals surface area contributed by atoms with Gasteiger partial charge in [-0.1, -0.05) is 15.9 Å². The third-order valence-electron chi connectivity index (χ3n) is 1.84. The molecule has 0 saturated carbocycles. The second kappa shape index (κ2) is 7.70. The summed E-state index contributed by atoms with van der Waals surface area (Å²) in [6.07, 6.45) is 0.606. The second-order valence-corrected chi connectivity index (χ2v) is 5.13. The first kappa shape index (κ1) is 13.5. The predicted octanol–water partition coefficient (Wildman–Crippen LogP) is 2.04. The number of carbonyl (C=O) groups is 1. The van der Waals surface area contributed by atoms with E-state index in [0.29, 0.717) is 18.7 Å². The normalized spacial score (nSPS) is 10.1. The van der Waals surface area contributed by atoms with E-state index in [9.17, 15) is 4.79 Å². The fourth-order valence-electron chi connectivity index (χ4n) is 1.04. The maximum atomic E-state index is 11.3. The summed E-state index contributed by atoms with van der Waals surface area (Å²) < 4.78 is 1.03. The number of thioether (sulfide) groups is 1. The predicted molar refractivity (Wildman–Crippen MR) is 69.6 cm³/mol. The number of benzene rings is 1. The summed E-state index contributed by atoms with van der Waals surface area (Å²) in [4.78, 5) is 12.4. The number of nitrogens with one attached hydrogen (secondary N) is 1. The lowest BCUT2D eigenvalue weighted by atomic mass is 10.4. The zero-order chi connectivity index (χ0) is 11.8. The van der Waals surface area contributed by atoms with Gasteiger partial charge in [0.1, 0.15) is 0 Å². The highest BCUT2D eigenvalue weighted by Gasteiger charge is 2.01. The van der Waals surface area contributed by atoms with Gasteiger partial charge in [0.25, 0.3) is 0 Å². The van der Waals surface area contributed by atoms with Crippen LogP contribution in [0, 0.1) is 0 Å². The van der Waals surface area contributed by atoms with Gasteiger partial charge in [0.15, 0.2) is 0 Å². The van der Waals surface area contributed by atoms with E-state index in [2.05, 4.69) is 21.2 Å². The lowest BCUT2D eigenvalue weighted by molar-refractivity contribution is -0.118. The number of hydrogen-bond acceptors (Lipinski definition) is 3. The summed E-state index contributed by atoms with van der Waals surface area (Å²) in [6, 6.07) is 7.84. The van der Waals surface area contributed by atoms with Crippen LogP contribution in [0.4, 0.5) is 0 Å². The molecule has 0 heterocycles. The molecule has 16 heavy (non-hydrogen) atoms. The molecule has 0 atom stereocenters. The summed E-state index contributed by atoms with van der Waals surface area (Å²) in [6.45, 7) is 0.649. The first-order valence-electron chi connectivity index (χ1n) is 4.98. The van der Waals surface area contributed by atoms with E-state index in [1.165, 1.54) is 11.8 Å². The molecule has 0 aliphatic rings. The van der Waals surface area contributed by atoms with Gasteiger partial charge in [-0.25, -0.2) is 0 Å². The molecular formula is C11H14BrNO2S. The van der Waals surface area contributed by atoms with Crippen molar-refractivity contribution in [3.8, 4) is 0 Å². The zero-order valence-corrected chi connectivity index (χ0v) is 11.2. The standard InChI is InChI=1S/C11H14BrNO2S/c12-9-2-4-10(5-3-9)16-8-11(15)13-6-1-7-14/h2-5,14H,1,6-8H2,(H,13,15). The Balaban J connectivity index is 2.23. The van der Waals surface area contributed by atoms with Gasteiger partial charge in [-0.2, -0.15) is 0 Å². The minimum absolute atomic E-state index is 0.00127. The van der Waals surface area contributed by atoms with Gasteiger partial charge in [0.05, 0.1) is 5.75 Å². The maximum Gasteiger partial charge on any atom is 0.230 e. The molecule has 0 saturated heterocycles. The highest BCUT2D eigenvalue weighted by molar-refractivity contribution is 9.10. The van der Waals surface area contributed by atoms with Gasteiger partial charge >= 0.3 is 0 Å². The van der Waals surface area contributed by atoms with Crippen molar-refractivity contribution in [2.45, 2.75) is 11.3 Å². The molecule has 0 aliphatic carbocycles. The Bertz CT molecular complexity index is 329. The average molecular weight is 304 g/mol. The topological polar surface area (TPSA) is 49.3 Å². The van der Waals surface area contributed by atoms with Crippen LogP contribution in [0.5, 0.6) is 0 Å². The van der Waals surface area contributed by atoms with Crippen molar-refractivity contribution in [1.29, 1.82) is 0 Å². The molecule has 0 aliphatic heterocycles. The van der Waals surface area contributed by atoms with Crippen molar-refractivity contribution in [3.05, 3.63) is 28.7 Å². The molecule has 1 rings (SSSR count). The Morgan fingerprint density at radius 2 is 2.06 bits per heavy atom. The summed E-state index contributed by atoms with van der Waals surface area (Å²) >= 11 is 4.86. The van der Waals surface area contributed by atoms with Crippen LogP contribution < -0.4 is 5.32 Å². The molecule has 1 aromatic carbocycles. The van der Waals surface area contributed by atoms with Crippen molar-refractivity contribution in [2.24, 2.45) is 0 Å². The van der Waals surface area contributed by atoms with Gasteiger partial charge in [-0.3, -0.25) is 4.79 Å². The van der Waals surface area contributed by atoms with Crippen molar-refractivity contribution >= 4 is 33.6 Å². The van der Waals surface area contributed by atoms with E-state index in [0.717, 1.165) is 9.37 Å². The Labute approximate surface area is 108 Å². The van der Waals surface area contributed by atoms with Crippen LogP contribution in [-0.4, -0.2) is 29.9 Å². The van der Waals surface area contributed by atoms with Gasteiger partial charge < -0.3 is 10.4 Å². The number of amides is 1. The summed E-state index contributed by atoms with van der Waals surface area (Å²) in [5.74, 6) is 0.411. The molecule has 0 spiro atoms. The van der Waals surface area contributed by atoms with Gasteiger partial charge in [0.2, 0.25) is 5.91 Å². The molecule has 3 nitrogen and oxygen atoms in total. The minimum atomic E-state index is 0.00127. The van der Waals surface area contributed by atoms with E-state index in [1.54, 1.807) is 0 Å². The number of aliphatic hydroxyl groups is 1. The molecule has 5 heteroatoms. The molecule has 0 fully saturated rings. The third-order valence-corrected chi connectivity index (χ3v) is 3.38. The molecule has 1 amide bonds. The summed E-state index contributed by atoms with van der Waals surface area (Å²) in [5.41, 5.74) is 0. The number of halogens is 1. The lowest BCUT2D eigenvalue weighted by Gasteiger charge is -2.04. The van der Waals surface area contributed by atoms with Crippen LogP contribution in [0.1, 0.15) is 6.42 Å². The van der Waals surface area contributed by atoms with Crippen LogP contribution in [0.15, 0.2) is 33.6 Å². The SMILES string of the molecule is O=C(CSc1ccc(Br)cc1)NCCCO. The minimum Gasteiger partial charge on any atom is -0.396 e. The monoisotopic (exact) mass is 303 g/mol. The van der Waals surface area contributed by atoms with Crippen LogP contribution in [0.2, 0.25) is 0 Å². The number of rotatable bonds is 6. The summed E-state index contributed by atoms with van der Waals surface area (Å²) in [7, 11) is 0. The van der Waals surface area contributed by atoms with Crippen molar-refractivity contribution in [2.75, 3.05) is 18.9 Å². The number of aliphatic hydroxyl groups excluding tert-OH is 1. The number of carbonyl (C=O) groups excluding carboxylic acids is 1. The number of hydrogen-bond donors (Lipinski definition) is 2. The molecular weight excluding hydrogens is 290 g/mol. The maximum absolute atomic E-state index is 11.3. The third kappa shape index (κ3) is 5.53. The Morgan fingerprint density at radius 1 is 1.38 bits per heavy atom. The summed E-state index contributed by atoms with van der Waals surface area (Å²) in [5, 5.41) is 11.3. The van der Waals surface area contributed by atoms with Crippen LogP contribution in [0.25, 0.3) is 0 Å². The molecule has 0 radical (unpaired) electrons. The highest BCUT2D eigenvalue weighted by Crippen LogP contribution is 2.20. The average Bonchev–Trinajstić information content (AvgIpc) is 2.29. The molecule has 0 aromatic heterocycles. The van der Waals surface area contributed by atoms with Crippen LogP contribution >= 0.6 is 27.7 Å². The fraction of sp³-hybridized carbons (Fsp3) is 0.364. The zero-order valence-electron chi connectivity index (χ0n) is 8.78. The van der Waals surface area contributed by atoms with E-state index in [-0.39, 0.29) is 12.5 Å². The first-order valence-corrected chi connectivity index (χ1v) is 6.76. The second-order valence-electron chi connectivity index (χ2n) is 3.17. The van der Waals surface area contributed by atoms with Crippen molar-refractivity contribution in [1.82, 2.24) is 5.32 Å². The fourth-order valence-corrected chi connectivity index (χ4v) is 2.03. The molecule has 88 valence electrons. The first-order chi connectivity index (χ1) is 7.72. The van der Waals surface area contributed by atoms with Crippen molar-refractivity contribution < 1.29 is 9.90 Å². The lowest BCUT2D eigenvalue weighted by Crippen LogP contribution is -2.26. The highest BCUT2D eigenvalue weighted by atomic mass is 79.9. The largest absolute Gasteiger partial charge is 0.396 e. The Hall–Kier alpha value is -0.520. The Kier molecular flexibility index (Phi) is 6.52. The van der Waals surface area contributed by atoms with E-state index < -0.39 is 0 Å². The van der Waals surface area contributed by atoms with E-state index in [1.807, 2.05) is 24.3 Å². The molecule has 2 N–H and O–H groups in total. The van der Waals surface area contributed by atoms with E-state index in [4.69, 9.17) is 5.11 Å². The van der Waals surface area contributed by atoms with Crippen LogP contribution in [0.3, 0.4) is 0 Å². The van der Waals surface area contributed by atoms with Gasteiger partial charge in [-0.15, -0.1) is 11.8 Å². The smallest absolute Gasteiger partial charge is 0.230 e. The quantitative estimate of drug-likeness (QED) is 0.624. The van der Waals surface area contributed by atoms with E-state index >= 15 is 0 Å². The van der Waals surface area contributed by atoms with Crippen LogP contribution in [-0.2, 0) is 4.79 Å². The molecule has 1 aromatic rings. The Morgan fingerprint density at radius 3 is 2.69 bits per heavy atom. The van der Waals surface area contributed by atoms with Gasteiger partial charge in [0, 0.05) is 22.5 Å². The van der Waals surface area contributed by atoms with Crippen molar-refractivity contribution in [3.63, 3.8) is 0 Å². The van der Waals surface area contributed by atoms with Gasteiger partial charge in [-0.05, 0) is 30.7 Å².